The van der Waals surface area contributed by atoms with Crippen molar-refractivity contribution >= 4 is 11.6 Å². The van der Waals surface area contributed by atoms with Gasteiger partial charge in [0.1, 0.15) is 6.73 Å². The van der Waals surface area contributed by atoms with Gasteiger partial charge in [-0.05, 0) is 24.3 Å². The van der Waals surface area contributed by atoms with Crippen LogP contribution in [-0.2, 0) is 4.74 Å². The molecule has 7 nitrogen and oxygen atoms in total. The summed E-state index contributed by atoms with van der Waals surface area (Å²) in [6, 6.07) is 7.90. The molecule has 1 amide bonds. The van der Waals surface area contributed by atoms with Crippen LogP contribution >= 0.6 is 0 Å². The van der Waals surface area contributed by atoms with E-state index in [-0.39, 0.29) is 29.6 Å². The minimum absolute atomic E-state index is 0.0441. The molecule has 0 unspecified atom stereocenters. The van der Waals surface area contributed by atoms with Crippen LogP contribution in [0.1, 0.15) is 10.5 Å². The minimum atomic E-state index is -0.576. The number of carbonyl (C=O) groups is 1. The zero-order chi connectivity index (χ0) is 17.4. The molecule has 25 heavy (non-hydrogen) atoms. The maximum Gasteiger partial charge on any atom is 0.284 e. The zero-order valence-electron chi connectivity index (χ0n) is 13.2. The molecule has 126 valence electrons. The number of aromatic nitrogens is 3. The third kappa shape index (κ3) is 2.52. The average Bonchev–Trinajstić information content (AvgIpc) is 3.01. The van der Waals surface area contributed by atoms with Gasteiger partial charge in [0.25, 0.3) is 5.91 Å². The number of fused-ring (bicyclic) bond motifs is 2. The summed E-state index contributed by atoms with van der Waals surface area (Å²) in [6.07, 6.45) is 4.75. The number of benzene rings is 1. The smallest absolute Gasteiger partial charge is 0.284 e. The summed E-state index contributed by atoms with van der Waals surface area (Å²) in [5.41, 5.74) is 1.01. The number of carbonyl (C=O) groups excluding carboxylic acids is 1. The number of amides is 1. The quantitative estimate of drug-likeness (QED) is 0.733. The van der Waals surface area contributed by atoms with Crippen LogP contribution in [0.4, 0.5) is 10.1 Å². The Kier molecular flexibility index (Phi) is 3.66. The summed E-state index contributed by atoms with van der Waals surface area (Å²) in [5, 5.41) is 4.29. The number of pyridine rings is 1. The van der Waals surface area contributed by atoms with E-state index < -0.39 is 11.7 Å². The van der Waals surface area contributed by atoms with E-state index in [4.69, 9.17) is 9.47 Å². The number of hydrogen-bond acceptors (Lipinski definition) is 5. The van der Waals surface area contributed by atoms with Crippen molar-refractivity contribution in [3.8, 4) is 17.2 Å². The van der Waals surface area contributed by atoms with Crippen molar-refractivity contribution in [2.45, 2.75) is 0 Å². The largest absolute Gasteiger partial charge is 0.448 e. The second kappa shape index (κ2) is 5.99. The lowest BCUT2D eigenvalue weighted by atomic mass is 10.2. The third-order valence-electron chi connectivity index (χ3n) is 3.75. The van der Waals surface area contributed by atoms with Crippen molar-refractivity contribution in [2.75, 3.05) is 18.7 Å². The van der Waals surface area contributed by atoms with Crippen LogP contribution in [0.2, 0.25) is 0 Å². The SMILES string of the molecule is COCN1C(=O)c2nn(-c3cccnc3)cc2Oc2c(F)cccc21. The zero-order valence-corrected chi connectivity index (χ0v) is 13.2. The van der Waals surface area contributed by atoms with Crippen LogP contribution in [0.15, 0.2) is 48.9 Å². The molecule has 2 aromatic heterocycles. The van der Waals surface area contributed by atoms with Gasteiger partial charge in [0.15, 0.2) is 23.0 Å². The predicted octanol–water partition coefficient (Wildman–Crippen LogP) is 2.76. The van der Waals surface area contributed by atoms with Gasteiger partial charge >= 0.3 is 0 Å². The molecule has 3 aromatic rings. The van der Waals surface area contributed by atoms with E-state index in [1.165, 1.54) is 35.0 Å². The molecule has 0 bridgehead atoms. The van der Waals surface area contributed by atoms with Crippen LogP contribution < -0.4 is 9.64 Å². The molecule has 1 aromatic carbocycles. The molecule has 0 spiro atoms. The van der Waals surface area contributed by atoms with E-state index in [2.05, 4.69) is 10.1 Å². The van der Waals surface area contributed by atoms with Gasteiger partial charge in [0.2, 0.25) is 0 Å². The van der Waals surface area contributed by atoms with E-state index in [1.807, 2.05) is 0 Å². The first-order valence-electron chi connectivity index (χ1n) is 7.46. The fourth-order valence-electron chi connectivity index (χ4n) is 2.62. The Morgan fingerprint density at radius 2 is 2.16 bits per heavy atom. The number of methoxy groups -OCH3 is 1. The fraction of sp³-hybridized carbons (Fsp3) is 0.118. The molecule has 8 heteroatoms. The lowest BCUT2D eigenvalue weighted by molar-refractivity contribution is 0.0932. The maximum absolute atomic E-state index is 14.3. The van der Waals surface area contributed by atoms with Gasteiger partial charge in [-0.25, -0.2) is 9.07 Å². The van der Waals surface area contributed by atoms with E-state index >= 15 is 0 Å². The van der Waals surface area contributed by atoms with Gasteiger partial charge in [-0.3, -0.25) is 14.7 Å². The van der Waals surface area contributed by atoms with Crippen LogP contribution in [0.3, 0.4) is 0 Å². The molecule has 0 N–H and O–H groups in total. The molecule has 1 aliphatic heterocycles. The number of ether oxygens (including phenoxy) is 2. The molecule has 0 aliphatic carbocycles. The summed E-state index contributed by atoms with van der Waals surface area (Å²) in [6.45, 7) is -0.0577. The normalized spacial score (nSPS) is 13.0. The average molecular weight is 340 g/mol. The predicted molar refractivity (Wildman–Crippen MR) is 86.5 cm³/mol. The Hall–Kier alpha value is -3.26. The van der Waals surface area contributed by atoms with Crippen LogP contribution in [0, 0.1) is 5.82 Å². The first kappa shape index (κ1) is 15.3. The highest BCUT2D eigenvalue weighted by Gasteiger charge is 2.32. The molecule has 0 saturated heterocycles. The molecule has 1 aliphatic rings. The van der Waals surface area contributed by atoms with Gasteiger partial charge in [-0.1, -0.05) is 6.07 Å². The molecule has 0 fully saturated rings. The maximum atomic E-state index is 14.3. The van der Waals surface area contributed by atoms with E-state index in [0.717, 1.165) is 0 Å². The van der Waals surface area contributed by atoms with Crippen molar-refractivity contribution in [3.63, 3.8) is 0 Å². The second-order valence-corrected chi connectivity index (χ2v) is 5.34. The lowest BCUT2D eigenvalue weighted by Gasteiger charge is -2.20. The van der Waals surface area contributed by atoms with Gasteiger partial charge in [0, 0.05) is 13.3 Å². The lowest BCUT2D eigenvalue weighted by Crippen LogP contribution is -2.32. The number of nitrogens with zero attached hydrogens (tertiary/aromatic N) is 4. The Balaban J connectivity index is 1.87. The van der Waals surface area contributed by atoms with Crippen LogP contribution in [-0.4, -0.2) is 34.5 Å². The molecule has 0 radical (unpaired) electrons. The summed E-state index contributed by atoms with van der Waals surface area (Å²) in [4.78, 5) is 18.2. The van der Waals surface area contributed by atoms with Crippen molar-refractivity contribution in [1.29, 1.82) is 0 Å². The van der Waals surface area contributed by atoms with Crippen LogP contribution in [0.25, 0.3) is 5.69 Å². The highest BCUT2D eigenvalue weighted by Crippen LogP contribution is 2.40. The van der Waals surface area contributed by atoms with Gasteiger partial charge in [-0.15, -0.1) is 0 Å². The first-order chi connectivity index (χ1) is 12.2. The van der Waals surface area contributed by atoms with Crippen molar-refractivity contribution in [3.05, 3.63) is 60.4 Å². The standard InChI is InChI=1S/C17H13FN4O3/c1-24-10-21-13-6-2-5-12(18)16(13)25-14-9-22(20-15(14)17(21)23)11-4-3-7-19-8-11/h2-9H,10H2,1H3. The topological polar surface area (TPSA) is 69.5 Å². The Bertz CT molecular complexity index is 942. The van der Waals surface area contributed by atoms with Crippen molar-refractivity contribution in [1.82, 2.24) is 14.8 Å². The summed E-state index contributed by atoms with van der Waals surface area (Å²) in [5.74, 6) is -0.895. The molecule has 0 atom stereocenters. The monoisotopic (exact) mass is 340 g/mol. The molecular formula is C17H13FN4O3. The van der Waals surface area contributed by atoms with Crippen molar-refractivity contribution < 1.29 is 18.7 Å². The molecule has 0 saturated carbocycles. The Morgan fingerprint density at radius 1 is 1.28 bits per heavy atom. The van der Waals surface area contributed by atoms with Crippen LogP contribution in [0.5, 0.6) is 11.5 Å². The number of rotatable bonds is 3. The Morgan fingerprint density at radius 3 is 2.92 bits per heavy atom. The molecule has 4 rings (SSSR count). The van der Waals surface area contributed by atoms with E-state index in [9.17, 15) is 9.18 Å². The van der Waals surface area contributed by atoms with E-state index in [1.54, 1.807) is 30.6 Å². The second-order valence-electron chi connectivity index (χ2n) is 5.34. The number of para-hydroxylation sites is 1. The molecule has 3 heterocycles. The third-order valence-corrected chi connectivity index (χ3v) is 3.75. The number of halogens is 1. The minimum Gasteiger partial charge on any atom is -0.448 e. The van der Waals surface area contributed by atoms with Gasteiger partial charge in [0.05, 0.1) is 23.8 Å². The first-order valence-corrected chi connectivity index (χ1v) is 7.46. The van der Waals surface area contributed by atoms with Gasteiger partial charge in [-0.2, -0.15) is 5.10 Å². The highest BCUT2D eigenvalue weighted by atomic mass is 19.1. The van der Waals surface area contributed by atoms with E-state index in [0.29, 0.717) is 5.69 Å². The molecular weight excluding hydrogens is 327 g/mol. The fourth-order valence-corrected chi connectivity index (χ4v) is 2.62. The summed E-state index contributed by atoms with van der Waals surface area (Å²) >= 11 is 0. The number of hydrogen-bond donors (Lipinski definition) is 0. The number of anilines is 1. The highest BCUT2D eigenvalue weighted by molar-refractivity contribution is 6.08. The summed E-state index contributed by atoms with van der Waals surface area (Å²) in [7, 11) is 1.45. The van der Waals surface area contributed by atoms with Gasteiger partial charge < -0.3 is 9.47 Å². The van der Waals surface area contributed by atoms with Crippen molar-refractivity contribution in [2.24, 2.45) is 0 Å². The Labute approximate surface area is 142 Å². The summed E-state index contributed by atoms with van der Waals surface area (Å²) < 4.78 is 26.5.